The monoisotopic (exact) mass is 379 g/mol. The number of amides is 1. The molecule has 2 aliphatic heterocycles. The van der Waals surface area contributed by atoms with Crippen LogP contribution in [0.3, 0.4) is 0 Å². The van der Waals surface area contributed by atoms with Gasteiger partial charge in [0.25, 0.3) is 0 Å². The van der Waals surface area contributed by atoms with Crippen molar-refractivity contribution in [2.45, 2.75) is 38.6 Å². The summed E-state index contributed by atoms with van der Waals surface area (Å²) in [7, 11) is 2.22. The van der Waals surface area contributed by atoms with Crippen molar-refractivity contribution in [1.82, 2.24) is 19.8 Å². The number of likely N-dealkylation sites (tertiary alicyclic amines) is 1. The van der Waals surface area contributed by atoms with Gasteiger partial charge in [-0.15, -0.1) is 0 Å². The quantitative estimate of drug-likeness (QED) is 0.815. The van der Waals surface area contributed by atoms with E-state index in [1.807, 2.05) is 38.1 Å². The molecule has 0 atom stereocenters. The molecule has 6 heteroatoms. The van der Waals surface area contributed by atoms with Crippen LogP contribution in [0.5, 0.6) is 0 Å². The molecule has 28 heavy (non-hydrogen) atoms. The van der Waals surface area contributed by atoms with E-state index in [4.69, 9.17) is 4.98 Å². The minimum Gasteiger partial charge on any atom is -0.342 e. The lowest BCUT2D eigenvalue weighted by Gasteiger charge is -2.55. The van der Waals surface area contributed by atoms with E-state index in [0.717, 1.165) is 42.9 Å². The standard InChI is InChI=1S/C22H29N5O/c1-17(2)7-6-13-23-21(28)27-19-9-5-4-8-18(19)24-20(27)26-15-11-22(12-16-26)10-14-25(22)3/h4-5,8-9,17H,10-16H2,1-3H3,(H,23,28). The molecule has 0 unspecified atom stereocenters. The highest BCUT2D eigenvalue weighted by atomic mass is 16.2. The second-order valence-corrected chi connectivity index (χ2v) is 8.25. The fraction of sp³-hybridized carbons (Fsp3) is 0.545. The Kier molecular flexibility index (Phi) is 5.03. The average molecular weight is 380 g/mol. The maximum Gasteiger partial charge on any atom is 0.329 e. The first-order chi connectivity index (χ1) is 13.5. The van der Waals surface area contributed by atoms with Gasteiger partial charge in [-0.3, -0.25) is 0 Å². The topological polar surface area (TPSA) is 53.4 Å². The Hall–Kier alpha value is -2.52. The number of aromatic nitrogens is 2. The smallest absolute Gasteiger partial charge is 0.329 e. The summed E-state index contributed by atoms with van der Waals surface area (Å²) in [6.45, 7) is 7.47. The zero-order chi connectivity index (χ0) is 19.7. The summed E-state index contributed by atoms with van der Waals surface area (Å²) in [6, 6.07) is 7.67. The summed E-state index contributed by atoms with van der Waals surface area (Å²) in [5, 5.41) is 2.93. The van der Waals surface area contributed by atoms with Gasteiger partial charge in [0.2, 0.25) is 5.95 Å². The molecule has 6 nitrogen and oxygen atoms in total. The van der Waals surface area contributed by atoms with Crippen molar-refractivity contribution in [2.24, 2.45) is 5.92 Å². The molecule has 1 amide bonds. The Bertz CT molecular complexity index is 927. The van der Waals surface area contributed by atoms with Crippen molar-refractivity contribution in [3.05, 3.63) is 24.3 Å². The summed E-state index contributed by atoms with van der Waals surface area (Å²) in [5.41, 5.74) is 2.05. The number of nitrogens with zero attached hydrogens (tertiary/aromatic N) is 4. The molecule has 2 aliphatic rings. The lowest BCUT2D eigenvalue weighted by molar-refractivity contribution is -0.00937. The van der Waals surface area contributed by atoms with Crippen LogP contribution in [0.25, 0.3) is 11.0 Å². The summed E-state index contributed by atoms with van der Waals surface area (Å²) in [4.78, 5) is 22.5. The Balaban J connectivity index is 1.57. The number of hydrogen-bond donors (Lipinski definition) is 1. The molecule has 1 aromatic heterocycles. The lowest BCUT2D eigenvalue weighted by atomic mass is 9.77. The van der Waals surface area contributed by atoms with E-state index in [-0.39, 0.29) is 6.03 Å². The van der Waals surface area contributed by atoms with Gasteiger partial charge in [-0.1, -0.05) is 37.8 Å². The molecule has 2 aromatic rings. The number of carbonyl (C=O) groups is 1. The fourth-order valence-electron chi connectivity index (χ4n) is 4.29. The summed E-state index contributed by atoms with van der Waals surface area (Å²) in [5.74, 6) is 7.14. The van der Waals surface area contributed by atoms with Crippen molar-refractivity contribution >= 4 is 23.0 Å². The molecule has 0 radical (unpaired) electrons. The molecule has 1 spiro atoms. The summed E-state index contributed by atoms with van der Waals surface area (Å²) < 4.78 is 1.72. The first-order valence-corrected chi connectivity index (χ1v) is 10.2. The van der Waals surface area contributed by atoms with E-state index in [1.54, 1.807) is 4.57 Å². The normalized spacial score (nSPS) is 18.8. The van der Waals surface area contributed by atoms with Crippen LogP contribution in [0.2, 0.25) is 0 Å². The number of imidazole rings is 1. The van der Waals surface area contributed by atoms with Gasteiger partial charge in [-0.2, -0.15) is 0 Å². The number of rotatable bonds is 2. The molecule has 2 saturated heterocycles. The molecule has 148 valence electrons. The molecule has 4 rings (SSSR count). The number of anilines is 1. The number of hydrogen-bond acceptors (Lipinski definition) is 4. The van der Waals surface area contributed by atoms with Crippen LogP contribution in [0.1, 0.15) is 33.1 Å². The molecule has 1 N–H and O–H groups in total. The zero-order valence-electron chi connectivity index (χ0n) is 17.0. The Morgan fingerprint density at radius 1 is 1.21 bits per heavy atom. The van der Waals surface area contributed by atoms with Gasteiger partial charge in [0.1, 0.15) is 0 Å². The molecule has 2 fully saturated rings. The van der Waals surface area contributed by atoms with Gasteiger partial charge in [-0.05, 0) is 38.4 Å². The third-order valence-electron chi connectivity index (χ3n) is 6.16. The predicted molar refractivity (Wildman–Crippen MR) is 113 cm³/mol. The van der Waals surface area contributed by atoms with E-state index < -0.39 is 0 Å². The van der Waals surface area contributed by atoms with Crippen LogP contribution in [-0.2, 0) is 0 Å². The molecular formula is C22H29N5O. The molecule has 1 aromatic carbocycles. The van der Waals surface area contributed by atoms with Crippen molar-refractivity contribution in [3.8, 4) is 11.8 Å². The van der Waals surface area contributed by atoms with Gasteiger partial charge in [0.05, 0.1) is 17.6 Å². The maximum atomic E-state index is 13.0. The van der Waals surface area contributed by atoms with Crippen LogP contribution in [0.15, 0.2) is 24.3 Å². The summed E-state index contributed by atoms with van der Waals surface area (Å²) >= 11 is 0. The third kappa shape index (κ3) is 3.35. The Morgan fingerprint density at radius 2 is 1.93 bits per heavy atom. The van der Waals surface area contributed by atoms with Gasteiger partial charge in [0.15, 0.2) is 0 Å². The second kappa shape index (κ2) is 7.48. The van der Waals surface area contributed by atoms with Crippen LogP contribution >= 0.6 is 0 Å². The minimum atomic E-state index is -0.164. The summed E-state index contributed by atoms with van der Waals surface area (Å²) in [6.07, 6.45) is 3.52. The minimum absolute atomic E-state index is 0.164. The Labute approximate surface area is 166 Å². The first kappa shape index (κ1) is 18.8. The van der Waals surface area contributed by atoms with Crippen molar-refractivity contribution < 1.29 is 4.79 Å². The van der Waals surface area contributed by atoms with E-state index >= 15 is 0 Å². The molecule has 3 heterocycles. The van der Waals surface area contributed by atoms with Crippen LogP contribution in [-0.4, -0.2) is 59.2 Å². The van der Waals surface area contributed by atoms with Crippen molar-refractivity contribution in [2.75, 3.05) is 38.1 Å². The van der Waals surface area contributed by atoms with Gasteiger partial charge >= 0.3 is 6.03 Å². The second-order valence-electron chi connectivity index (χ2n) is 8.25. The number of nitrogens with one attached hydrogen (secondary N) is 1. The van der Waals surface area contributed by atoms with E-state index in [2.05, 4.69) is 34.0 Å². The number of piperidine rings is 1. The fourth-order valence-corrected chi connectivity index (χ4v) is 4.29. The number of para-hydroxylation sites is 2. The van der Waals surface area contributed by atoms with E-state index in [0.29, 0.717) is 18.0 Å². The van der Waals surface area contributed by atoms with Gasteiger partial charge in [0, 0.05) is 31.1 Å². The Morgan fingerprint density at radius 3 is 2.57 bits per heavy atom. The SMILES string of the molecule is CC(C)C#CCNC(=O)n1c(N2CCC3(CC2)CCN3C)nc2ccccc21. The van der Waals surface area contributed by atoms with Crippen LogP contribution in [0.4, 0.5) is 10.7 Å². The highest BCUT2D eigenvalue weighted by Crippen LogP contribution is 2.39. The first-order valence-electron chi connectivity index (χ1n) is 10.2. The van der Waals surface area contributed by atoms with Crippen molar-refractivity contribution in [3.63, 3.8) is 0 Å². The molecule has 0 bridgehead atoms. The highest BCUT2D eigenvalue weighted by Gasteiger charge is 2.44. The average Bonchev–Trinajstić information content (AvgIpc) is 3.09. The molecule has 0 saturated carbocycles. The van der Waals surface area contributed by atoms with E-state index in [9.17, 15) is 4.79 Å². The largest absolute Gasteiger partial charge is 0.342 e. The predicted octanol–water partition coefficient (Wildman–Crippen LogP) is 2.93. The number of carbonyl (C=O) groups excluding carboxylic acids is 1. The van der Waals surface area contributed by atoms with Crippen LogP contribution in [0, 0.1) is 17.8 Å². The van der Waals surface area contributed by atoms with Crippen LogP contribution < -0.4 is 10.2 Å². The maximum absolute atomic E-state index is 13.0. The van der Waals surface area contributed by atoms with E-state index in [1.165, 1.54) is 13.0 Å². The zero-order valence-corrected chi connectivity index (χ0v) is 17.0. The third-order valence-corrected chi connectivity index (χ3v) is 6.16. The number of benzene rings is 1. The molecule has 0 aliphatic carbocycles. The molecular weight excluding hydrogens is 350 g/mol. The van der Waals surface area contributed by atoms with Gasteiger partial charge < -0.3 is 15.1 Å². The van der Waals surface area contributed by atoms with Gasteiger partial charge in [-0.25, -0.2) is 14.3 Å². The highest BCUT2D eigenvalue weighted by molar-refractivity contribution is 5.93. The lowest BCUT2D eigenvalue weighted by Crippen LogP contribution is -2.62. The van der Waals surface area contributed by atoms with Crippen molar-refractivity contribution in [1.29, 1.82) is 0 Å². The number of fused-ring (bicyclic) bond motifs is 1.